The van der Waals surface area contributed by atoms with Crippen LogP contribution < -0.4 is 0 Å². The molecular formula is C15H24ClN3O. The minimum atomic E-state index is 0.0349. The van der Waals surface area contributed by atoms with Crippen LogP contribution in [0.4, 0.5) is 0 Å². The minimum absolute atomic E-state index is 0.0349. The van der Waals surface area contributed by atoms with E-state index in [0.717, 1.165) is 38.2 Å². The first-order chi connectivity index (χ1) is 9.47. The van der Waals surface area contributed by atoms with Crippen molar-refractivity contribution in [3.8, 4) is 0 Å². The van der Waals surface area contributed by atoms with Gasteiger partial charge in [0, 0.05) is 30.9 Å². The summed E-state index contributed by atoms with van der Waals surface area (Å²) in [5.74, 6) is 0.0349. The summed E-state index contributed by atoms with van der Waals surface area (Å²) in [5, 5.41) is 0.386. The number of likely N-dealkylation sites (N-methyl/N-ethyl adjacent to an activating group) is 1. The van der Waals surface area contributed by atoms with Crippen molar-refractivity contribution in [1.82, 2.24) is 14.8 Å². The standard InChI is InChI=1S/C15H24ClN3O/c1-5-7-19(9-8-18(3)4)15(20)12-10-13(6-2)17-14(16)11-12/h10-11H,5-9H2,1-4H3. The van der Waals surface area contributed by atoms with Crippen LogP contribution in [-0.2, 0) is 6.42 Å². The molecule has 1 heterocycles. The highest BCUT2D eigenvalue weighted by Gasteiger charge is 2.16. The van der Waals surface area contributed by atoms with Gasteiger partial charge in [0.25, 0.3) is 5.91 Å². The van der Waals surface area contributed by atoms with Crippen molar-refractivity contribution < 1.29 is 4.79 Å². The van der Waals surface area contributed by atoms with Gasteiger partial charge < -0.3 is 9.80 Å². The Balaban J connectivity index is 2.90. The van der Waals surface area contributed by atoms with Gasteiger partial charge in [0.1, 0.15) is 5.15 Å². The molecule has 1 aromatic heterocycles. The molecule has 0 bridgehead atoms. The number of hydrogen-bond donors (Lipinski definition) is 0. The smallest absolute Gasteiger partial charge is 0.254 e. The molecule has 20 heavy (non-hydrogen) atoms. The Hall–Kier alpha value is -1.13. The molecule has 0 atom stereocenters. The number of nitrogens with zero attached hydrogens (tertiary/aromatic N) is 3. The van der Waals surface area contributed by atoms with Crippen LogP contribution in [-0.4, -0.2) is 54.4 Å². The van der Waals surface area contributed by atoms with E-state index in [0.29, 0.717) is 10.7 Å². The van der Waals surface area contributed by atoms with Gasteiger partial charge >= 0.3 is 0 Å². The molecule has 0 spiro atoms. The fourth-order valence-corrected chi connectivity index (χ4v) is 2.17. The molecule has 4 nitrogen and oxygen atoms in total. The molecule has 112 valence electrons. The maximum Gasteiger partial charge on any atom is 0.254 e. The topological polar surface area (TPSA) is 36.4 Å². The third-order valence-corrected chi connectivity index (χ3v) is 3.25. The van der Waals surface area contributed by atoms with E-state index < -0.39 is 0 Å². The van der Waals surface area contributed by atoms with Crippen LogP contribution in [0.15, 0.2) is 12.1 Å². The zero-order valence-corrected chi connectivity index (χ0v) is 13.6. The summed E-state index contributed by atoms with van der Waals surface area (Å²) in [6.07, 6.45) is 1.71. The van der Waals surface area contributed by atoms with Gasteiger partial charge in [-0.25, -0.2) is 4.98 Å². The van der Waals surface area contributed by atoms with Gasteiger partial charge in [0.2, 0.25) is 0 Å². The average Bonchev–Trinajstić information content (AvgIpc) is 2.41. The molecule has 0 radical (unpaired) electrons. The van der Waals surface area contributed by atoms with Gasteiger partial charge in [-0.05, 0) is 39.1 Å². The van der Waals surface area contributed by atoms with E-state index in [2.05, 4.69) is 16.8 Å². The molecule has 5 heteroatoms. The van der Waals surface area contributed by atoms with Crippen molar-refractivity contribution in [2.75, 3.05) is 33.7 Å². The number of aromatic nitrogens is 1. The van der Waals surface area contributed by atoms with Crippen LogP contribution in [0, 0.1) is 0 Å². The molecule has 0 unspecified atom stereocenters. The molecular weight excluding hydrogens is 274 g/mol. The summed E-state index contributed by atoms with van der Waals surface area (Å²) in [6.45, 7) is 6.41. The molecule has 1 rings (SSSR count). The second-order valence-corrected chi connectivity index (χ2v) is 5.51. The van der Waals surface area contributed by atoms with Gasteiger partial charge in [0.05, 0.1) is 0 Å². The first kappa shape index (κ1) is 16.9. The highest BCUT2D eigenvalue weighted by Crippen LogP contribution is 2.14. The van der Waals surface area contributed by atoms with E-state index in [4.69, 9.17) is 11.6 Å². The minimum Gasteiger partial charge on any atom is -0.337 e. The van der Waals surface area contributed by atoms with Crippen LogP contribution >= 0.6 is 11.6 Å². The molecule has 1 aromatic rings. The Morgan fingerprint density at radius 1 is 1.20 bits per heavy atom. The summed E-state index contributed by atoms with van der Waals surface area (Å²) in [5.41, 5.74) is 1.49. The predicted octanol–water partition coefficient (Wildman–Crippen LogP) is 2.71. The van der Waals surface area contributed by atoms with E-state index in [-0.39, 0.29) is 5.91 Å². The Morgan fingerprint density at radius 3 is 2.45 bits per heavy atom. The van der Waals surface area contributed by atoms with Crippen molar-refractivity contribution in [1.29, 1.82) is 0 Å². The molecule has 0 saturated carbocycles. The normalized spacial score (nSPS) is 10.9. The number of carbonyl (C=O) groups excluding carboxylic acids is 1. The van der Waals surface area contributed by atoms with E-state index >= 15 is 0 Å². The number of carbonyl (C=O) groups is 1. The maximum atomic E-state index is 12.6. The predicted molar refractivity (Wildman–Crippen MR) is 83.4 cm³/mol. The molecule has 0 saturated heterocycles. The third kappa shape index (κ3) is 5.10. The molecule has 0 N–H and O–H groups in total. The fraction of sp³-hybridized carbons (Fsp3) is 0.600. The fourth-order valence-electron chi connectivity index (χ4n) is 1.94. The Labute approximate surface area is 126 Å². The van der Waals surface area contributed by atoms with Crippen LogP contribution in [0.25, 0.3) is 0 Å². The summed E-state index contributed by atoms with van der Waals surface area (Å²) in [6, 6.07) is 3.49. The highest BCUT2D eigenvalue weighted by atomic mass is 35.5. The number of aryl methyl sites for hydroxylation is 1. The van der Waals surface area contributed by atoms with Gasteiger partial charge in [-0.1, -0.05) is 25.4 Å². The SMILES string of the molecule is CCCN(CCN(C)C)C(=O)c1cc(Cl)nc(CC)c1. The number of rotatable bonds is 7. The van der Waals surface area contributed by atoms with Crippen LogP contribution in [0.1, 0.15) is 36.3 Å². The number of pyridine rings is 1. The lowest BCUT2D eigenvalue weighted by molar-refractivity contribution is 0.0744. The third-order valence-electron chi connectivity index (χ3n) is 3.05. The zero-order valence-electron chi connectivity index (χ0n) is 12.8. The van der Waals surface area contributed by atoms with Crippen molar-refractivity contribution >= 4 is 17.5 Å². The van der Waals surface area contributed by atoms with Crippen LogP contribution in [0.2, 0.25) is 5.15 Å². The number of hydrogen-bond acceptors (Lipinski definition) is 3. The molecule has 1 amide bonds. The van der Waals surface area contributed by atoms with Crippen molar-refractivity contribution in [2.24, 2.45) is 0 Å². The number of amides is 1. The molecule has 0 aliphatic heterocycles. The lowest BCUT2D eigenvalue weighted by atomic mass is 10.1. The first-order valence-electron chi connectivity index (χ1n) is 7.08. The van der Waals surface area contributed by atoms with Gasteiger partial charge in [0.15, 0.2) is 0 Å². The summed E-state index contributed by atoms with van der Waals surface area (Å²) < 4.78 is 0. The van der Waals surface area contributed by atoms with Crippen molar-refractivity contribution in [3.05, 3.63) is 28.5 Å². The van der Waals surface area contributed by atoms with E-state index in [1.54, 1.807) is 6.07 Å². The van der Waals surface area contributed by atoms with Gasteiger partial charge in [-0.2, -0.15) is 0 Å². The van der Waals surface area contributed by atoms with Crippen molar-refractivity contribution in [3.63, 3.8) is 0 Å². The van der Waals surface area contributed by atoms with Crippen LogP contribution in [0.3, 0.4) is 0 Å². The Kier molecular flexibility index (Phi) is 6.96. The summed E-state index contributed by atoms with van der Waals surface area (Å²) in [7, 11) is 4.01. The van der Waals surface area contributed by atoms with Crippen LogP contribution in [0.5, 0.6) is 0 Å². The molecule has 0 aliphatic carbocycles. The second kappa shape index (κ2) is 8.22. The number of halogens is 1. The maximum absolute atomic E-state index is 12.6. The van der Waals surface area contributed by atoms with E-state index in [1.807, 2.05) is 32.0 Å². The average molecular weight is 298 g/mol. The van der Waals surface area contributed by atoms with E-state index in [1.165, 1.54) is 0 Å². The first-order valence-corrected chi connectivity index (χ1v) is 7.46. The van der Waals surface area contributed by atoms with Crippen molar-refractivity contribution in [2.45, 2.75) is 26.7 Å². The summed E-state index contributed by atoms with van der Waals surface area (Å²) in [4.78, 5) is 20.7. The largest absolute Gasteiger partial charge is 0.337 e. The summed E-state index contributed by atoms with van der Waals surface area (Å²) >= 11 is 5.99. The van der Waals surface area contributed by atoms with Gasteiger partial charge in [-0.3, -0.25) is 4.79 Å². The molecule has 0 aliphatic rings. The van der Waals surface area contributed by atoms with E-state index in [9.17, 15) is 4.79 Å². The zero-order chi connectivity index (χ0) is 15.1. The van der Waals surface area contributed by atoms with Gasteiger partial charge in [-0.15, -0.1) is 0 Å². The molecule has 0 aromatic carbocycles. The second-order valence-electron chi connectivity index (χ2n) is 5.12. The quantitative estimate of drug-likeness (QED) is 0.726. The Morgan fingerprint density at radius 2 is 1.90 bits per heavy atom. The lowest BCUT2D eigenvalue weighted by Crippen LogP contribution is -2.37. The highest BCUT2D eigenvalue weighted by molar-refractivity contribution is 6.29. The molecule has 0 fully saturated rings. The monoisotopic (exact) mass is 297 g/mol. The Bertz CT molecular complexity index is 449. The lowest BCUT2D eigenvalue weighted by Gasteiger charge is -2.24.